The highest BCUT2D eigenvalue weighted by atomic mass is 35.5. The van der Waals surface area contributed by atoms with Crippen LogP contribution in [0.25, 0.3) is 5.65 Å². The summed E-state index contributed by atoms with van der Waals surface area (Å²) in [5, 5.41) is 9.38. The van der Waals surface area contributed by atoms with Crippen LogP contribution < -0.4 is 0 Å². The molecule has 0 atom stereocenters. The lowest BCUT2D eigenvalue weighted by Crippen LogP contribution is -2.26. The maximum Gasteiger partial charge on any atom is 0.398 e. The van der Waals surface area contributed by atoms with Gasteiger partial charge in [-0.25, -0.2) is 4.18 Å². The Morgan fingerprint density at radius 1 is 1.19 bits per heavy atom. The summed E-state index contributed by atoms with van der Waals surface area (Å²) in [5.74, 6) is 0.782. The molecule has 9 heteroatoms. The van der Waals surface area contributed by atoms with Gasteiger partial charge in [0.2, 0.25) is 0 Å². The number of aromatic nitrogens is 3. The van der Waals surface area contributed by atoms with E-state index in [0.717, 1.165) is 24.2 Å². The van der Waals surface area contributed by atoms with Crippen molar-refractivity contribution in [3.05, 3.63) is 64.6 Å². The van der Waals surface area contributed by atoms with E-state index < -0.39 is 16.0 Å². The van der Waals surface area contributed by atoms with Crippen LogP contribution in [0.5, 0.6) is 0 Å². The molecule has 7 nitrogen and oxygen atoms in total. The minimum Gasteiger partial charge on any atom is -0.285 e. The van der Waals surface area contributed by atoms with Crippen molar-refractivity contribution < 1.29 is 17.2 Å². The topological polar surface area (TPSA) is 93.8 Å². The lowest BCUT2D eigenvalue weighted by molar-refractivity contribution is 0.0994. The Balaban J connectivity index is 1.83. The number of halogens is 1. The molecule has 1 aliphatic carbocycles. The normalized spacial score (nSPS) is 16.6. The predicted octanol–water partition coefficient (Wildman–Crippen LogP) is 3.52. The summed E-state index contributed by atoms with van der Waals surface area (Å²) in [6.07, 6.45) is 3.71. The molecular weight excluding hydrogens is 390 g/mol. The van der Waals surface area contributed by atoms with E-state index in [1.54, 1.807) is 26.0 Å². The molecule has 142 valence electrons. The van der Waals surface area contributed by atoms with Crippen LogP contribution in [0, 0.1) is 0 Å². The maximum atomic E-state index is 11.2. The molecular formula is C18H18ClN3O4S. The first kappa shape index (κ1) is 18.4. The highest BCUT2D eigenvalue weighted by molar-refractivity contribution is 7.80. The van der Waals surface area contributed by atoms with E-state index in [2.05, 4.69) is 10.2 Å². The molecule has 27 heavy (non-hydrogen) atoms. The third-order valence-electron chi connectivity index (χ3n) is 4.97. The second-order valence-electron chi connectivity index (χ2n) is 7.25. The summed E-state index contributed by atoms with van der Waals surface area (Å²) in [5.41, 5.74) is 0.559. The minimum atomic E-state index is -4.62. The summed E-state index contributed by atoms with van der Waals surface area (Å²) in [4.78, 5) is 0. The lowest BCUT2D eigenvalue weighted by atomic mass is 9.95. The molecule has 0 amide bonds. The summed E-state index contributed by atoms with van der Waals surface area (Å²) in [7, 11) is -4.62. The SMILES string of the molecule is CC(C)(OS(=O)(=O)O)c1cccn2c(C3(c4ccc(Cl)cc4)CC3)nnc12. The molecule has 0 radical (unpaired) electrons. The van der Waals surface area contributed by atoms with Gasteiger partial charge in [0, 0.05) is 16.8 Å². The number of hydrogen-bond acceptors (Lipinski definition) is 5. The van der Waals surface area contributed by atoms with Crippen molar-refractivity contribution in [2.75, 3.05) is 0 Å². The van der Waals surface area contributed by atoms with Crippen molar-refractivity contribution in [1.29, 1.82) is 0 Å². The fourth-order valence-electron chi connectivity index (χ4n) is 3.56. The Bertz CT molecular complexity index is 1120. The van der Waals surface area contributed by atoms with E-state index >= 15 is 0 Å². The van der Waals surface area contributed by atoms with Gasteiger partial charge in [0.15, 0.2) is 5.65 Å². The van der Waals surface area contributed by atoms with E-state index in [1.165, 1.54) is 0 Å². The standard InChI is InChI=1S/C18H18ClN3O4S/c1-17(2,26-27(23,24)25)14-4-3-11-22-15(14)20-21-16(22)18(9-10-18)12-5-7-13(19)8-6-12/h3-8,11H,9-10H2,1-2H3,(H,23,24,25). The van der Waals surface area contributed by atoms with E-state index in [9.17, 15) is 8.42 Å². The third-order valence-corrected chi connectivity index (χ3v) is 5.85. The summed E-state index contributed by atoms with van der Waals surface area (Å²) < 4.78 is 38.3. The zero-order chi connectivity index (χ0) is 19.4. The lowest BCUT2D eigenvalue weighted by Gasteiger charge is -2.23. The Hall–Kier alpha value is -2.00. The number of hydrogen-bond donors (Lipinski definition) is 1. The fourth-order valence-corrected chi connectivity index (χ4v) is 4.30. The molecule has 1 saturated carbocycles. The zero-order valence-corrected chi connectivity index (χ0v) is 16.3. The Morgan fingerprint density at radius 2 is 1.85 bits per heavy atom. The van der Waals surface area contributed by atoms with Crippen LogP contribution in [-0.4, -0.2) is 27.6 Å². The summed E-state index contributed by atoms with van der Waals surface area (Å²) >= 11 is 6.01. The molecule has 0 saturated heterocycles. The number of benzene rings is 1. The van der Waals surface area contributed by atoms with Crippen LogP contribution in [0.1, 0.15) is 43.6 Å². The average molecular weight is 408 g/mol. The molecule has 2 heterocycles. The Labute approximate surface area is 161 Å². The van der Waals surface area contributed by atoms with Crippen molar-refractivity contribution in [3.8, 4) is 0 Å². The van der Waals surface area contributed by atoms with Gasteiger partial charge in [0.25, 0.3) is 0 Å². The van der Waals surface area contributed by atoms with Gasteiger partial charge >= 0.3 is 10.4 Å². The monoisotopic (exact) mass is 407 g/mol. The van der Waals surface area contributed by atoms with Crippen LogP contribution in [0.4, 0.5) is 0 Å². The van der Waals surface area contributed by atoms with Crippen molar-refractivity contribution in [2.24, 2.45) is 0 Å². The molecule has 0 spiro atoms. The Kier molecular flexibility index (Phi) is 4.08. The zero-order valence-electron chi connectivity index (χ0n) is 14.8. The minimum absolute atomic E-state index is 0.239. The van der Waals surface area contributed by atoms with Crippen LogP contribution in [-0.2, 0) is 25.6 Å². The van der Waals surface area contributed by atoms with Gasteiger partial charge in [-0.2, -0.15) is 8.42 Å². The van der Waals surface area contributed by atoms with Crippen LogP contribution in [0.2, 0.25) is 5.02 Å². The highest BCUT2D eigenvalue weighted by Gasteiger charge is 2.50. The van der Waals surface area contributed by atoms with Crippen molar-refractivity contribution >= 4 is 27.6 Å². The average Bonchev–Trinajstić information content (AvgIpc) is 3.25. The van der Waals surface area contributed by atoms with Crippen LogP contribution in [0.3, 0.4) is 0 Å². The van der Waals surface area contributed by atoms with Crippen molar-refractivity contribution in [3.63, 3.8) is 0 Å². The smallest absolute Gasteiger partial charge is 0.285 e. The first-order valence-corrected chi connectivity index (χ1v) is 10.2. The molecule has 1 fully saturated rings. The molecule has 0 bridgehead atoms. The molecule has 0 aliphatic heterocycles. The van der Waals surface area contributed by atoms with Gasteiger partial charge in [-0.1, -0.05) is 29.8 Å². The molecule has 4 rings (SSSR count). The van der Waals surface area contributed by atoms with E-state index in [4.69, 9.17) is 20.3 Å². The highest BCUT2D eigenvalue weighted by Crippen LogP contribution is 2.53. The van der Waals surface area contributed by atoms with Gasteiger partial charge < -0.3 is 0 Å². The summed E-state index contributed by atoms with van der Waals surface area (Å²) in [6, 6.07) is 11.2. The van der Waals surface area contributed by atoms with Gasteiger partial charge in [-0.3, -0.25) is 8.95 Å². The third kappa shape index (κ3) is 3.23. The van der Waals surface area contributed by atoms with E-state index in [0.29, 0.717) is 16.2 Å². The van der Waals surface area contributed by atoms with Crippen LogP contribution >= 0.6 is 11.6 Å². The van der Waals surface area contributed by atoms with E-state index in [-0.39, 0.29) is 5.41 Å². The fraction of sp³-hybridized carbons (Fsp3) is 0.333. The van der Waals surface area contributed by atoms with Gasteiger partial charge in [-0.05, 0) is 50.5 Å². The number of nitrogens with zero attached hydrogens (tertiary/aromatic N) is 3. The molecule has 1 aliphatic rings. The maximum absolute atomic E-state index is 11.2. The molecule has 3 aromatic rings. The summed E-state index contributed by atoms with van der Waals surface area (Å²) in [6.45, 7) is 3.10. The molecule has 1 aromatic carbocycles. The van der Waals surface area contributed by atoms with Crippen molar-refractivity contribution in [1.82, 2.24) is 14.6 Å². The van der Waals surface area contributed by atoms with Crippen molar-refractivity contribution in [2.45, 2.75) is 37.7 Å². The predicted molar refractivity (Wildman–Crippen MR) is 100 cm³/mol. The second-order valence-corrected chi connectivity index (χ2v) is 8.71. The first-order chi connectivity index (χ1) is 12.6. The van der Waals surface area contributed by atoms with Gasteiger partial charge in [0.05, 0.1) is 5.41 Å². The van der Waals surface area contributed by atoms with E-state index in [1.807, 2.05) is 34.9 Å². The quantitative estimate of drug-likeness (QED) is 0.650. The molecule has 0 unspecified atom stereocenters. The largest absolute Gasteiger partial charge is 0.398 e. The number of fused-ring (bicyclic) bond motifs is 1. The molecule has 1 N–H and O–H groups in total. The molecule has 2 aromatic heterocycles. The number of rotatable bonds is 5. The van der Waals surface area contributed by atoms with Gasteiger partial charge in [-0.15, -0.1) is 10.2 Å². The van der Waals surface area contributed by atoms with Gasteiger partial charge in [0.1, 0.15) is 11.4 Å². The second kappa shape index (κ2) is 6.00. The van der Waals surface area contributed by atoms with Crippen LogP contribution in [0.15, 0.2) is 42.6 Å². The Morgan fingerprint density at radius 3 is 2.44 bits per heavy atom. The first-order valence-electron chi connectivity index (χ1n) is 8.41. The number of pyridine rings is 1.